The Balaban J connectivity index is 1.66. The van der Waals surface area contributed by atoms with E-state index in [4.69, 9.17) is 9.47 Å². The number of methoxy groups -OCH3 is 2. The summed E-state index contributed by atoms with van der Waals surface area (Å²) in [4.78, 5) is 27.8. The lowest BCUT2D eigenvalue weighted by Gasteiger charge is -2.07. The lowest BCUT2D eigenvalue weighted by atomic mass is 10.1. The first-order chi connectivity index (χ1) is 14.5. The fraction of sp³-hybridized carbons (Fsp3) is 0.136. The summed E-state index contributed by atoms with van der Waals surface area (Å²) < 4.78 is 10.5. The van der Waals surface area contributed by atoms with Crippen LogP contribution >= 0.6 is 11.3 Å². The second-order valence-corrected chi connectivity index (χ2v) is 7.09. The molecular formula is C22H21N3O4S. The topological polar surface area (TPSA) is 89.6 Å². The van der Waals surface area contributed by atoms with Crippen LogP contribution in [0, 0.1) is 0 Å². The highest BCUT2D eigenvalue weighted by Gasteiger charge is 2.08. The van der Waals surface area contributed by atoms with Gasteiger partial charge in [0.05, 0.1) is 19.9 Å². The molecule has 0 unspecified atom stereocenters. The Kier molecular flexibility index (Phi) is 6.82. The van der Waals surface area contributed by atoms with Gasteiger partial charge < -0.3 is 14.8 Å². The number of nitrogens with one attached hydrogen (secondary N) is 2. The highest BCUT2D eigenvalue weighted by Crippen LogP contribution is 2.27. The van der Waals surface area contributed by atoms with Crippen LogP contribution in [0.5, 0.6) is 11.5 Å². The molecule has 1 heterocycles. The van der Waals surface area contributed by atoms with Gasteiger partial charge >= 0.3 is 0 Å². The van der Waals surface area contributed by atoms with Gasteiger partial charge in [-0.3, -0.25) is 14.9 Å². The first-order valence-corrected chi connectivity index (χ1v) is 9.91. The minimum absolute atomic E-state index is 0.124. The number of amides is 2. The number of nitrogens with zero attached hydrogens (tertiary/aromatic N) is 1. The van der Waals surface area contributed by atoms with Crippen LogP contribution in [0.2, 0.25) is 0 Å². The number of thiazole rings is 1. The SMILES string of the molecule is COc1ccc(OC)c(C=CC(=O)Nc2nc(-c3ccc(NC(C)=O)cc3)cs2)c1. The van der Waals surface area contributed by atoms with Crippen molar-refractivity contribution in [3.05, 3.63) is 59.5 Å². The third-order valence-corrected chi connectivity index (χ3v) is 4.84. The van der Waals surface area contributed by atoms with Gasteiger partial charge in [-0.1, -0.05) is 12.1 Å². The van der Waals surface area contributed by atoms with Crippen LogP contribution in [-0.2, 0) is 9.59 Å². The number of anilines is 2. The minimum Gasteiger partial charge on any atom is -0.497 e. The molecule has 0 aliphatic carbocycles. The van der Waals surface area contributed by atoms with Crippen molar-refractivity contribution in [1.29, 1.82) is 0 Å². The van der Waals surface area contributed by atoms with Crippen LogP contribution in [0.1, 0.15) is 12.5 Å². The van der Waals surface area contributed by atoms with Crippen molar-refractivity contribution in [3.8, 4) is 22.8 Å². The van der Waals surface area contributed by atoms with Crippen LogP contribution in [0.3, 0.4) is 0 Å². The lowest BCUT2D eigenvalue weighted by molar-refractivity contribution is -0.114. The summed E-state index contributed by atoms with van der Waals surface area (Å²) >= 11 is 1.33. The van der Waals surface area contributed by atoms with E-state index in [1.165, 1.54) is 24.3 Å². The molecule has 8 heteroatoms. The molecule has 30 heavy (non-hydrogen) atoms. The van der Waals surface area contributed by atoms with Gasteiger partial charge in [0.1, 0.15) is 11.5 Å². The van der Waals surface area contributed by atoms with Crippen molar-refractivity contribution in [3.63, 3.8) is 0 Å². The van der Waals surface area contributed by atoms with E-state index >= 15 is 0 Å². The van der Waals surface area contributed by atoms with Crippen molar-refractivity contribution in [2.75, 3.05) is 24.9 Å². The quantitative estimate of drug-likeness (QED) is 0.549. The number of benzene rings is 2. The zero-order chi connectivity index (χ0) is 21.5. The Hall–Kier alpha value is -3.65. The maximum Gasteiger partial charge on any atom is 0.250 e. The van der Waals surface area contributed by atoms with E-state index in [0.29, 0.717) is 22.3 Å². The number of hydrogen-bond acceptors (Lipinski definition) is 6. The van der Waals surface area contributed by atoms with E-state index < -0.39 is 0 Å². The molecule has 2 N–H and O–H groups in total. The summed E-state index contributed by atoms with van der Waals surface area (Å²) in [5.74, 6) is 0.881. The molecule has 0 bridgehead atoms. The number of carbonyl (C=O) groups excluding carboxylic acids is 2. The largest absolute Gasteiger partial charge is 0.497 e. The number of aromatic nitrogens is 1. The van der Waals surface area contributed by atoms with Crippen LogP contribution in [0.15, 0.2) is 53.9 Å². The monoisotopic (exact) mass is 423 g/mol. The van der Waals surface area contributed by atoms with Gasteiger partial charge in [0.15, 0.2) is 5.13 Å². The van der Waals surface area contributed by atoms with E-state index in [1.807, 2.05) is 17.5 Å². The van der Waals surface area contributed by atoms with Gasteiger partial charge in [-0.15, -0.1) is 11.3 Å². The summed E-state index contributed by atoms with van der Waals surface area (Å²) in [5.41, 5.74) is 3.07. The molecule has 0 fully saturated rings. The van der Waals surface area contributed by atoms with Crippen molar-refractivity contribution < 1.29 is 19.1 Å². The second-order valence-electron chi connectivity index (χ2n) is 6.23. The highest BCUT2D eigenvalue weighted by molar-refractivity contribution is 7.14. The zero-order valence-corrected chi connectivity index (χ0v) is 17.6. The normalized spacial score (nSPS) is 10.6. The van der Waals surface area contributed by atoms with Gasteiger partial charge in [-0.25, -0.2) is 4.98 Å². The molecule has 3 aromatic rings. The third-order valence-electron chi connectivity index (χ3n) is 4.09. The minimum atomic E-state index is -0.304. The number of rotatable bonds is 7. The molecular weight excluding hydrogens is 402 g/mol. The average Bonchev–Trinajstić information content (AvgIpc) is 3.20. The molecule has 1 aromatic heterocycles. The Bertz CT molecular complexity index is 1070. The van der Waals surface area contributed by atoms with E-state index in [1.54, 1.807) is 50.6 Å². The van der Waals surface area contributed by atoms with Crippen LogP contribution in [-0.4, -0.2) is 31.0 Å². The summed E-state index contributed by atoms with van der Waals surface area (Å²) in [6, 6.07) is 12.7. The molecule has 0 aliphatic rings. The predicted molar refractivity (Wildman–Crippen MR) is 119 cm³/mol. The third kappa shape index (κ3) is 5.45. The van der Waals surface area contributed by atoms with Gasteiger partial charge in [0.25, 0.3) is 0 Å². The molecule has 0 saturated carbocycles. The van der Waals surface area contributed by atoms with Gasteiger partial charge in [0.2, 0.25) is 11.8 Å². The van der Waals surface area contributed by atoms with Crippen molar-refractivity contribution in [2.24, 2.45) is 0 Å². The smallest absolute Gasteiger partial charge is 0.250 e. The summed E-state index contributed by atoms with van der Waals surface area (Å²) in [6.45, 7) is 1.46. The van der Waals surface area contributed by atoms with Crippen LogP contribution in [0.25, 0.3) is 17.3 Å². The van der Waals surface area contributed by atoms with Crippen molar-refractivity contribution >= 4 is 40.0 Å². The highest BCUT2D eigenvalue weighted by atomic mass is 32.1. The van der Waals surface area contributed by atoms with Crippen LogP contribution < -0.4 is 20.1 Å². The molecule has 2 aromatic carbocycles. The van der Waals surface area contributed by atoms with E-state index in [0.717, 1.165) is 16.8 Å². The molecule has 3 rings (SSSR count). The van der Waals surface area contributed by atoms with Gasteiger partial charge in [-0.2, -0.15) is 0 Å². The Morgan fingerprint density at radius 3 is 2.47 bits per heavy atom. The molecule has 0 aliphatic heterocycles. The Morgan fingerprint density at radius 1 is 1.03 bits per heavy atom. The second kappa shape index (κ2) is 9.71. The lowest BCUT2D eigenvalue weighted by Crippen LogP contribution is -2.07. The maximum atomic E-state index is 12.3. The molecule has 0 saturated heterocycles. The first kappa shape index (κ1) is 21.1. The molecule has 0 spiro atoms. The summed E-state index contributed by atoms with van der Waals surface area (Å²) in [5, 5.41) is 7.83. The van der Waals surface area contributed by atoms with E-state index in [9.17, 15) is 9.59 Å². The fourth-order valence-electron chi connectivity index (χ4n) is 2.67. The standard InChI is InChI=1S/C22H21N3O4S/c1-14(26)23-17-7-4-15(5-8-17)19-13-30-22(24-19)25-21(27)11-6-16-12-18(28-2)9-10-20(16)29-3/h4-13H,1-3H3,(H,23,26)(H,24,25,27). The summed E-state index contributed by atoms with van der Waals surface area (Å²) in [7, 11) is 3.15. The molecule has 7 nitrogen and oxygen atoms in total. The predicted octanol–water partition coefficient (Wildman–Crippen LogP) is 4.44. The number of ether oxygens (including phenoxy) is 2. The number of carbonyl (C=O) groups is 2. The molecule has 0 radical (unpaired) electrons. The Morgan fingerprint density at radius 2 is 1.80 bits per heavy atom. The van der Waals surface area contributed by atoms with Gasteiger partial charge in [-0.05, 0) is 36.4 Å². The van der Waals surface area contributed by atoms with Crippen molar-refractivity contribution in [2.45, 2.75) is 6.92 Å². The van der Waals surface area contributed by atoms with Crippen LogP contribution in [0.4, 0.5) is 10.8 Å². The maximum absolute atomic E-state index is 12.3. The zero-order valence-electron chi connectivity index (χ0n) is 16.8. The first-order valence-electron chi connectivity index (χ1n) is 9.03. The van der Waals surface area contributed by atoms with Crippen molar-refractivity contribution in [1.82, 2.24) is 4.98 Å². The fourth-order valence-corrected chi connectivity index (χ4v) is 3.40. The average molecular weight is 423 g/mol. The molecule has 2 amide bonds. The Labute approximate surface area is 178 Å². The van der Waals surface area contributed by atoms with Gasteiger partial charge in [0, 0.05) is 35.2 Å². The molecule has 0 atom stereocenters. The number of hydrogen-bond donors (Lipinski definition) is 2. The van der Waals surface area contributed by atoms with E-state index in [-0.39, 0.29) is 11.8 Å². The molecule has 154 valence electrons. The summed E-state index contributed by atoms with van der Waals surface area (Å²) in [6.07, 6.45) is 3.08. The van der Waals surface area contributed by atoms with E-state index in [2.05, 4.69) is 15.6 Å².